The average molecular weight is 196 g/mol. The molecule has 0 saturated carbocycles. The van der Waals surface area contributed by atoms with Crippen molar-refractivity contribution in [3.05, 3.63) is 11.6 Å². The zero-order valence-electron chi connectivity index (χ0n) is 8.19. The van der Waals surface area contributed by atoms with Crippen molar-refractivity contribution in [1.29, 1.82) is 0 Å². The lowest BCUT2D eigenvalue weighted by molar-refractivity contribution is 0.00711. The molecule has 0 aromatic carbocycles. The van der Waals surface area contributed by atoms with Gasteiger partial charge in [0, 0.05) is 17.5 Å². The van der Waals surface area contributed by atoms with Crippen LogP contribution in [0.1, 0.15) is 11.5 Å². The van der Waals surface area contributed by atoms with Gasteiger partial charge in [-0.15, -0.1) is 10.2 Å². The number of ether oxygens (including phenoxy) is 3. The van der Waals surface area contributed by atoms with Gasteiger partial charge in [0.2, 0.25) is 11.8 Å². The van der Waals surface area contributed by atoms with Crippen LogP contribution >= 0.6 is 0 Å². The van der Waals surface area contributed by atoms with E-state index in [2.05, 4.69) is 10.2 Å². The van der Waals surface area contributed by atoms with Gasteiger partial charge >= 0.3 is 0 Å². The minimum Gasteiger partial charge on any atom is -0.480 e. The van der Waals surface area contributed by atoms with Crippen molar-refractivity contribution in [1.82, 2.24) is 10.2 Å². The molecule has 2 heterocycles. The molecule has 0 N–H and O–H groups in total. The molecule has 0 spiro atoms. The Labute approximate surface area is 82.0 Å². The first-order chi connectivity index (χ1) is 6.85. The normalized spacial score (nSPS) is 16.1. The van der Waals surface area contributed by atoms with Crippen LogP contribution in [0.25, 0.3) is 0 Å². The van der Waals surface area contributed by atoms with Crippen LogP contribution in [0.5, 0.6) is 11.8 Å². The summed E-state index contributed by atoms with van der Waals surface area (Å²) < 4.78 is 15.2. The van der Waals surface area contributed by atoms with Gasteiger partial charge in [-0.3, -0.25) is 0 Å². The molecule has 0 unspecified atom stereocenters. The van der Waals surface area contributed by atoms with E-state index in [-0.39, 0.29) is 0 Å². The molecule has 1 fully saturated rings. The van der Waals surface area contributed by atoms with Gasteiger partial charge in [-0.25, -0.2) is 0 Å². The zero-order chi connectivity index (χ0) is 9.97. The highest BCUT2D eigenvalue weighted by atomic mass is 16.5. The van der Waals surface area contributed by atoms with E-state index in [9.17, 15) is 0 Å². The Kier molecular flexibility index (Phi) is 2.49. The Bertz CT molecular complexity index is 326. The predicted molar refractivity (Wildman–Crippen MR) is 48.7 cm³/mol. The van der Waals surface area contributed by atoms with Crippen molar-refractivity contribution in [2.45, 2.75) is 5.92 Å². The first-order valence-electron chi connectivity index (χ1n) is 4.38. The van der Waals surface area contributed by atoms with Crippen molar-refractivity contribution < 1.29 is 14.2 Å². The van der Waals surface area contributed by atoms with Gasteiger partial charge in [-0.2, -0.15) is 0 Å². The molecule has 1 aliphatic heterocycles. The van der Waals surface area contributed by atoms with Crippen LogP contribution in [0.3, 0.4) is 0 Å². The van der Waals surface area contributed by atoms with Crippen molar-refractivity contribution in [3.63, 3.8) is 0 Å². The van der Waals surface area contributed by atoms with Gasteiger partial charge in [0.25, 0.3) is 0 Å². The van der Waals surface area contributed by atoms with Crippen molar-refractivity contribution in [2.75, 3.05) is 27.4 Å². The molecule has 5 nitrogen and oxygen atoms in total. The molecule has 1 aromatic rings. The van der Waals surface area contributed by atoms with E-state index in [1.165, 1.54) is 0 Å². The van der Waals surface area contributed by atoms with E-state index < -0.39 is 0 Å². The van der Waals surface area contributed by atoms with E-state index in [4.69, 9.17) is 14.2 Å². The minimum atomic E-state index is 0.356. The summed E-state index contributed by atoms with van der Waals surface area (Å²) in [5.41, 5.74) is 1.01. The molecule has 14 heavy (non-hydrogen) atoms. The summed E-state index contributed by atoms with van der Waals surface area (Å²) in [6.45, 7) is 1.43. The molecular formula is C9H12N2O3. The number of rotatable bonds is 3. The molecule has 1 saturated heterocycles. The fourth-order valence-electron chi connectivity index (χ4n) is 1.34. The number of hydrogen-bond acceptors (Lipinski definition) is 5. The van der Waals surface area contributed by atoms with Gasteiger partial charge < -0.3 is 14.2 Å². The Hall–Kier alpha value is -1.36. The highest BCUT2D eigenvalue weighted by molar-refractivity contribution is 5.33. The van der Waals surface area contributed by atoms with Crippen molar-refractivity contribution in [3.8, 4) is 11.8 Å². The van der Waals surface area contributed by atoms with Crippen LogP contribution in [0.4, 0.5) is 0 Å². The van der Waals surface area contributed by atoms with Crippen molar-refractivity contribution in [2.24, 2.45) is 0 Å². The molecule has 0 amide bonds. The fourth-order valence-corrected chi connectivity index (χ4v) is 1.34. The highest BCUT2D eigenvalue weighted by Crippen LogP contribution is 2.31. The number of nitrogens with zero attached hydrogens (tertiary/aromatic N) is 2. The third-order valence-corrected chi connectivity index (χ3v) is 2.25. The van der Waals surface area contributed by atoms with Gasteiger partial charge in [0.1, 0.15) is 0 Å². The summed E-state index contributed by atoms with van der Waals surface area (Å²) in [5, 5.41) is 7.75. The third kappa shape index (κ3) is 1.50. The molecule has 1 aromatic heterocycles. The highest BCUT2D eigenvalue weighted by Gasteiger charge is 2.25. The van der Waals surface area contributed by atoms with Crippen LogP contribution in [-0.2, 0) is 4.74 Å². The van der Waals surface area contributed by atoms with Crippen LogP contribution in [0.2, 0.25) is 0 Å². The van der Waals surface area contributed by atoms with E-state index >= 15 is 0 Å². The van der Waals surface area contributed by atoms with E-state index in [0.717, 1.165) is 5.56 Å². The van der Waals surface area contributed by atoms with Crippen LogP contribution < -0.4 is 9.47 Å². The molecular weight excluding hydrogens is 184 g/mol. The van der Waals surface area contributed by atoms with Crippen molar-refractivity contribution >= 4 is 0 Å². The smallest absolute Gasteiger partial charge is 0.237 e. The Morgan fingerprint density at radius 1 is 1.29 bits per heavy atom. The molecule has 5 heteroatoms. The Balaban J connectivity index is 2.31. The van der Waals surface area contributed by atoms with Gasteiger partial charge in [-0.1, -0.05) is 0 Å². The lowest BCUT2D eigenvalue weighted by Gasteiger charge is -2.26. The van der Waals surface area contributed by atoms with Gasteiger partial charge in [-0.05, 0) is 0 Å². The van der Waals surface area contributed by atoms with E-state index in [0.29, 0.717) is 30.9 Å². The summed E-state index contributed by atoms with van der Waals surface area (Å²) >= 11 is 0. The van der Waals surface area contributed by atoms with E-state index in [1.54, 1.807) is 14.2 Å². The molecule has 0 bridgehead atoms. The van der Waals surface area contributed by atoms with Crippen LogP contribution in [0.15, 0.2) is 6.07 Å². The maximum Gasteiger partial charge on any atom is 0.237 e. The average Bonchev–Trinajstić information content (AvgIpc) is 2.15. The summed E-state index contributed by atoms with van der Waals surface area (Å²) in [5.74, 6) is 1.42. The van der Waals surface area contributed by atoms with Gasteiger partial charge in [0.05, 0.1) is 27.4 Å². The van der Waals surface area contributed by atoms with Crippen LogP contribution in [-0.4, -0.2) is 37.6 Å². The zero-order valence-corrected chi connectivity index (χ0v) is 8.19. The number of methoxy groups -OCH3 is 2. The Morgan fingerprint density at radius 2 is 2.07 bits per heavy atom. The summed E-state index contributed by atoms with van der Waals surface area (Å²) in [6, 6.07) is 1.85. The van der Waals surface area contributed by atoms with Crippen LogP contribution in [0, 0.1) is 0 Å². The molecule has 2 rings (SSSR count). The molecule has 1 aliphatic rings. The van der Waals surface area contributed by atoms with E-state index in [1.807, 2.05) is 6.07 Å². The topological polar surface area (TPSA) is 53.5 Å². The second-order valence-corrected chi connectivity index (χ2v) is 3.09. The molecule has 0 radical (unpaired) electrons. The van der Waals surface area contributed by atoms with Gasteiger partial charge in [0.15, 0.2) is 0 Å². The second-order valence-electron chi connectivity index (χ2n) is 3.09. The molecule has 76 valence electrons. The summed E-state index contributed by atoms with van der Waals surface area (Å²) in [4.78, 5) is 0. The fraction of sp³-hybridized carbons (Fsp3) is 0.556. The Morgan fingerprint density at radius 3 is 2.57 bits per heavy atom. The molecule has 0 atom stereocenters. The first kappa shape index (κ1) is 9.21. The maximum absolute atomic E-state index is 5.12. The maximum atomic E-state index is 5.12. The third-order valence-electron chi connectivity index (χ3n) is 2.25. The predicted octanol–water partition coefficient (Wildman–Crippen LogP) is 0.608. The summed E-state index contributed by atoms with van der Waals surface area (Å²) in [7, 11) is 3.15. The standard InChI is InChI=1S/C9H12N2O3/c1-12-8-3-7(6-4-14-5-6)9(13-2)11-10-8/h3,6H,4-5H2,1-2H3. The minimum absolute atomic E-state index is 0.356. The SMILES string of the molecule is COc1cc(C2COC2)c(OC)nn1. The first-order valence-corrected chi connectivity index (χ1v) is 4.38. The lowest BCUT2D eigenvalue weighted by atomic mass is 9.99. The lowest BCUT2D eigenvalue weighted by Crippen LogP contribution is -2.26. The molecule has 0 aliphatic carbocycles. The summed E-state index contributed by atoms with van der Waals surface area (Å²) in [6.07, 6.45) is 0. The second kappa shape index (κ2) is 3.79. The number of aromatic nitrogens is 2. The number of hydrogen-bond donors (Lipinski definition) is 0. The largest absolute Gasteiger partial charge is 0.480 e. The monoisotopic (exact) mass is 196 g/mol. The quantitative estimate of drug-likeness (QED) is 0.708.